The van der Waals surface area contributed by atoms with Crippen molar-refractivity contribution in [2.45, 2.75) is 0 Å². The van der Waals surface area contributed by atoms with Gasteiger partial charge < -0.3 is 18.0 Å². The molecule has 4 heterocycles. The Morgan fingerprint density at radius 3 is 1.91 bits per heavy atom. The van der Waals surface area contributed by atoms with Crippen LogP contribution in [0.3, 0.4) is 0 Å². The monoisotopic (exact) mass is 692 g/mol. The van der Waals surface area contributed by atoms with Crippen molar-refractivity contribution in [2.75, 3.05) is 0 Å². The third-order valence-corrected chi connectivity index (χ3v) is 11.7. The standard InChI is InChI=1S/C50H32N2O2/c1-51-41-19-7-6-15-35(41)37-22-24-45-48(50(37)51)47-33(16-10-20-44(47)54-45)32-14-8-13-30(25-32)31-21-23-43-39(26-31)40-27-38-36-18-9-17-34(29-11-4-3-5-12-29)49(36)52(2)42(38)28-46(40)53-43/h3-28H,1-2H3. The van der Waals surface area contributed by atoms with Crippen molar-refractivity contribution in [3.63, 3.8) is 0 Å². The molecular weight excluding hydrogens is 661 g/mol. The molecule has 0 aliphatic rings. The smallest absolute Gasteiger partial charge is 0.137 e. The summed E-state index contributed by atoms with van der Waals surface area (Å²) in [7, 11) is 4.32. The first kappa shape index (κ1) is 29.5. The van der Waals surface area contributed by atoms with Gasteiger partial charge in [0, 0.05) is 68.9 Å². The average Bonchev–Trinajstić information content (AvgIpc) is 3.95. The Morgan fingerprint density at radius 2 is 0.981 bits per heavy atom. The van der Waals surface area contributed by atoms with Gasteiger partial charge in [-0.3, -0.25) is 0 Å². The van der Waals surface area contributed by atoms with Crippen LogP contribution in [0.15, 0.2) is 167 Å². The summed E-state index contributed by atoms with van der Waals surface area (Å²) in [6.45, 7) is 0. The van der Waals surface area contributed by atoms with Gasteiger partial charge in [-0.1, -0.05) is 103 Å². The van der Waals surface area contributed by atoms with E-state index in [9.17, 15) is 0 Å². The molecule has 0 bridgehead atoms. The Hall–Kier alpha value is -7.04. The van der Waals surface area contributed by atoms with Crippen LogP contribution in [-0.2, 0) is 14.1 Å². The largest absolute Gasteiger partial charge is 0.456 e. The fourth-order valence-corrected chi connectivity index (χ4v) is 9.26. The van der Waals surface area contributed by atoms with Crippen LogP contribution in [0.25, 0.3) is 121 Å². The van der Waals surface area contributed by atoms with E-state index in [2.05, 4.69) is 181 Å². The second kappa shape index (κ2) is 10.8. The van der Waals surface area contributed by atoms with E-state index in [0.717, 1.165) is 71.6 Å². The Kier molecular flexibility index (Phi) is 5.88. The number of furan rings is 2. The van der Waals surface area contributed by atoms with E-state index in [1.807, 2.05) is 0 Å². The highest BCUT2D eigenvalue weighted by atomic mass is 16.3. The minimum atomic E-state index is 0.892. The fraction of sp³-hybridized carbons (Fsp3) is 0.0400. The van der Waals surface area contributed by atoms with E-state index >= 15 is 0 Å². The normalized spacial score (nSPS) is 12.3. The summed E-state index contributed by atoms with van der Waals surface area (Å²) in [5.74, 6) is 0. The lowest BCUT2D eigenvalue weighted by molar-refractivity contribution is 0.669. The number of rotatable bonds is 3. The van der Waals surface area contributed by atoms with E-state index < -0.39 is 0 Å². The lowest BCUT2D eigenvalue weighted by atomic mass is 9.95. The molecule has 54 heavy (non-hydrogen) atoms. The molecular formula is C50H32N2O2. The molecule has 12 aromatic rings. The Balaban J connectivity index is 1.03. The zero-order valence-electron chi connectivity index (χ0n) is 29.7. The van der Waals surface area contributed by atoms with E-state index in [4.69, 9.17) is 8.83 Å². The van der Waals surface area contributed by atoms with Crippen molar-refractivity contribution in [3.05, 3.63) is 158 Å². The molecule has 8 aromatic carbocycles. The zero-order valence-corrected chi connectivity index (χ0v) is 29.7. The van der Waals surface area contributed by atoms with E-state index in [1.54, 1.807) is 0 Å². The molecule has 4 nitrogen and oxygen atoms in total. The average molecular weight is 693 g/mol. The number of aryl methyl sites for hydroxylation is 2. The maximum Gasteiger partial charge on any atom is 0.137 e. The Bertz CT molecular complexity index is 3520. The number of nitrogens with zero attached hydrogens (tertiary/aromatic N) is 2. The van der Waals surface area contributed by atoms with Crippen LogP contribution in [0.2, 0.25) is 0 Å². The molecule has 0 radical (unpaired) electrons. The summed E-state index contributed by atoms with van der Waals surface area (Å²) < 4.78 is 17.7. The summed E-state index contributed by atoms with van der Waals surface area (Å²) in [6.07, 6.45) is 0. The number of para-hydroxylation sites is 2. The van der Waals surface area contributed by atoms with Crippen molar-refractivity contribution in [2.24, 2.45) is 14.1 Å². The van der Waals surface area contributed by atoms with Crippen LogP contribution in [0, 0.1) is 0 Å². The molecule has 0 saturated carbocycles. The van der Waals surface area contributed by atoms with Crippen molar-refractivity contribution in [1.82, 2.24) is 9.13 Å². The third-order valence-electron chi connectivity index (χ3n) is 11.7. The van der Waals surface area contributed by atoms with Crippen molar-refractivity contribution in [1.29, 1.82) is 0 Å². The molecule has 254 valence electrons. The molecule has 12 rings (SSSR count). The number of fused-ring (bicyclic) bond motifs is 13. The summed E-state index contributed by atoms with van der Waals surface area (Å²) in [5, 5.41) is 9.52. The molecule has 0 spiro atoms. The molecule has 0 unspecified atom stereocenters. The minimum absolute atomic E-state index is 0.892. The van der Waals surface area contributed by atoms with Crippen LogP contribution in [0.5, 0.6) is 0 Å². The Labute approximate surface area is 309 Å². The molecule has 0 aliphatic heterocycles. The van der Waals surface area contributed by atoms with Gasteiger partial charge in [0.15, 0.2) is 0 Å². The molecule has 0 aliphatic carbocycles. The van der Waals surface area contributed by atoms with Crippen LogP contribution in [-0.4, -0.2) is 9.13 Å². The molecule has 4 aromatic heterocycles. The summed E-state index contributed by atoms with van der Waals surface area (Å²) in [4.78, 5) is 0. The topological polar surface area (TPSA) is 36.1 Å². The Morgan fingerprint density at radius 1 is 0.333 bits per heavy atom. The zero-order chi connectivity index (χ0) is 35.7. The lowest BCUT2D eigenvalue weighted by Gasteiger charge is -2.09. The van der Waals surface area contributed by atoms with Crippen molar-refractivity contribution in [3.8, 4) is 33.4 Å². The molecule has 0 saturated heterocycles. The van der Waals surface area contributed by atoms with E-state index in [-0.39, 0.29) is 0 Å². The van der Waals surface area contributed by atoms with Crippen molar-refractivity contribution < 1.29 is 8.83 Å². The fourth-order valence-electron chi connectivity index (χ4n) is 9.26. The van der Waals surface area contributed by atoms with Crippen LogP contribution >= 0.6 is 0 Å². The first-order valence-corrected chi connectivity index (χ1v) is 18.5. The van der Waals surface area contributed by atoms with Crippen LogP contribution in [0.4, 0.5) is 0 Å². The molecule has 0 amide bonds. The van der Waals surface area contributed by atoms with Gasteiger partial charge in [-0.25, -0.2) is 0 Å². The first-order chi connectivity index (χ1) is 26.6. The number of benzene rings is 8. The number of hydrogen-bond donors (Lipinski definition) is 0. The second-order valence-corrected chi connectivity index (χ2v) is 14.6. The predicted octanol–water partition coefficient (Wildman–Crippen LogP) is 13.8. The van der Waals surface area contributed by atoms with Gasteiger partial charge in [0.05, 0.1) is 21.9 Å². The summed E-state index contributed by atoms with van der Waals surface area (Å²) >= 11 is 0. The predicted molar refractivity (Wildman–Crippen MR) is 225 cm³/mol. The maximum absolute atomic E-state index is 6.53. The molecule has 0 fully saturated rings. The van der Waals surface area contributed by atoms with Gasteiger partial charge in [-0.05, 0) is 76.3 Å². The van der Waals surface area contributed by atoms with Crippen LogP contribution in [0.1, 0.15) is 0 Å². The van der Waals surface area contributed by atoms with Gasteiger partial charge >= 0.3 is 0 Å². The molecule has 0 atom stereocenters. The highest BCUT2D eigenvalue weighted by Gasteiger charge is 2.20. The lowest BCUT2D eigenvalue weighted by Crippen LogP contribution is -1.89. The summed E-state index contributed by atoms with van der Waals surface area (Å²) in [5.41, 5.74) is 15.5. The van der Waals surface area contributed by atoms with Gasteiger partial charge in [-0.2, -0.15) is 0 Å². The van der Waals surface area contributed by atoms with Gasteiger partial charge in [0.2, 0.25) is 0 Å². The minimum Gasteiger partial charge on any atom is -0.456 e. The first-order valence-electron chi connectivity index (χ1n) is 18.5. The maximum atomic E-state index is 6.53. The second-order valence-electron chi connectivity index (χ2n) is 14.6. The van der Waals surface area contributed by atoms with Crippen LogP contribution < -0.4 is 0 Å². The molecule has 0 N–H and O–H groups in total. The van der Waals surface area contributed by atoms with Gasteiger partial charge in [0.25, 0.3) is 0 Å². The number of aromatic nitrogens is 2. The van der Waals surface area contributed by atoms with Gasteiger partial charge in [-0.15, -0.1) is 0 Å². The van der Waals surface area contributed by atoms with E-state index in [1.165, 1.54) is 49.2 Å². The highest BCUT2D eigenvalue weighted by molar-refractivity contribution is 6.26. The third kappa shape index (κ3) is 3.97. The number of hydrogen-bond acceptors (Lipinski definition) is 2. The SMILES string of the molecule is Cn1c2cc3oc4ccc(-c5cccc(-c6cccc7oc8ccc9c%10ccccc%10n(C)c9c8c67)c5)cc4c3cc2c2cccc(-c3ccccc3)c21. The van der Waals surface area contributed by atoms with Gasteiger partial charge in [0.1, 0.15) is 22.3 Å². The van der Waals surface area contributed by atoms with E-state index in [0.29, 0.717) is 0 Å². The quantitative estimate of drug-likeness (QED) is 0.185. The highest BCUT2D eigenvalue weighted by Crippen LogP contribution is 2.44. The molecule has 4 heteroatoms. The summed E-state index contributed by atoms with van der Waals surface area (Å²) in [6, 6.07) is 56.7. The van der Waals surface area contributed by atoms with Crippen molar-refractivity contribution >= 4 is 87.5 Å².